The highest BCUT2D eigenvalue weighted by atomic mass is 19.1. The van der Waals surface area contributed by atoms with Gasteiger partial charge in [-0.05, 0) is 26.0 Å². The number of benzene rings is 1. The van der Waals surface area contributed by atoms with E-state index in [4.69, 9.17) is 11.0 Å². The molecule has 0 radical (unpaired) electrons. The van der Waals surface area contributed by atoms with E-state index in [0.717, 1.165) is 12.1 Å². The Bertz CT molecular complexity index is 498. The lowest BCUT2D eigenvalue weighted by Crippen LogP contribution is -2.37. The Morgan fingerprint density at radius 2 is 1.94 bits per heavy atom. The van der Waals surface area contributed by atoms with E-state index >= 15 is 0 Å². The number of hydrogen-bond donors (Lipinski definition) is 2. The van der Waals surface area contributed by atoms with Gasteiger partial charge in [0.15, 0.2) is 11.6 Å². The molecule has 1 aromatic rings. The van der Waals surface area contributed by atoms with Crippen LogP contribution in [0.25, 0.3) is 0 Å². The van der Waals surface area contributed by atoms with Crippen LogP contribution in [-0.2, 0) is 4.79 Å². The number of amides is 1. The summed E-state index contributed by atoms with van der Waals surface area (Å²) in [5.41, 5.74) is 3.73. The Labute approximate surface area is 103 Å². The Morgan fingerprint density at radius 1 is 1.44 bits per heavy atom. The summed E-state index contributed by atoms with van der Waals surface area (Å²) < 4.78 is 27.0. The molecule has 0 aliphatic heterocycles. The largest absolute Gasteiger partial charge is 0.379 e. The highest BCUT2D eigenvalue weighted by Crippen LogP contribution is 2.23. The Morgan fingerprint density at radius 3 is 2.33 bits per heavy atom. The van der Waals surface area contributed by atoms with Gasteiger partial charge in [0.25, 0.3) is 0 Å². The summed E-state index contributed by atoms with van der Waals surface area (Å²) in [7, 11) is 0. The van der Waals surface area contributed by atoms with Crippen LogP contribution in [0.1, 0.15) is 19.4 Å². The molecule has 0 aliphatic carbocycles. The first-order chi connectivity index (χ1) is 8.27. The highest BCUT2D eigenvalue weighted by molar-refractivity contribution is 5.80. The van der Waals surface area contributed by atoms with E-state index in [1.54, 1.807) is 19.9 Å². The molecule has 4 nitrogen and oxygen atoms in total. The Balaban J connectivity index is 2.94. The summed E-state index contributed by atoms with van der Waals surface area (Å²) in [4.78, 5) is 11.1. The maximum Gasteiger partial charge on any atom is 0.224 e. The molecule has 0 atom stereocenters. The smallest absolute Gasteiger partial charge is 0.224 e. The summed E-state index contributed by atoms with van der Waals surface area (Å²) in [6.07, 6.45) is 0. The maximum atomic E-state index is 13.5. The van der Waals surface area contributed by atoms with Crippen LogP contribution in [-0.4, -0.2) is 12.5 Å². The topological polar surface area (TPSA) is 78.9 Å². The van der Waals surface area contributed by atoms with Gasteiger partial charge in [0.1, 0.15) is 5.69 Å². The molecule has 0 unspecified atom stereocenters. The molecule has 96 valence electrons. The van der Waals surface area contributed by atoms with Crippen molar-refractivity contribution >= 4 is 11.6 Å². The monoisotopic (exact) mass is 253 g/mol. The zero-order chi connectivity index (χ0) is 13.9. The molecule has 0 heterocycles. The number of nitrogens with one attached hydrogen (secondary N) is 1. The first-order valence-corrected chi connectivity index (χ1v) is 5.21. The number of hydrogen-bond acceptors (Lipinski definition) is 3. The minimum absolute atomic E-state index is 0.0118. The van der Waals surface area contributed by atoms with Crippen LogP contribution < -0.4 is 11.1 Å². The van der Waals surface area contributed by atoms with Crippen LogP contribution in [0, 0.1) is 28.4 Å². The number of anilines is 1. The number of primary amides is 1. The molecule has 0 spiro atoms. The highest BCUT2D eigenvalue weighted by Gasteiger charge is 2.25. The van der Waals surface area contributed by atoms with Gasteiger partial charge in [-0.25, -0.2) is 8.78 Å². The number of carbonyl (C=O) groups excluding carboxylic acids is 1. The average Bonchev–Trinajstić information content (AvgIpc) is 2.27. The normalized spacial score (nSPS) is 10.8. The molecule has 1 rings (SSSR count). The summed E-state index contributed by atoms with van der Waals surface area (Å²) in [5, 5.41) is 11.0. The fourth-order valence-electron chi connectivity index (χ4n) is 1.20. The third-order valence-electron chi connectivity index (χ3n) is 2.55. The van der Waals surface area contributed by atoms with Gasteiger partial charge < -0.3 is 11.1 Å². The van der Waals surface area contributed by atoms with E-state index in [2.05, 4.69) is 5.32 Å². The zero-order valence-electron chi connectivity index (χ0n) is 10.1. The van der Waals surface area contributed by atoms with Crippen molar-refractivity contribution in [2.24, 2.45) is 11.1 Å². The van der Waals surface area contributed by atoms with Crippen LogP contribution in [0.3, 0.4) is 0 Å². The zero-order valence-corrected chi connectivity index (χ0v) is 10.1. The summed E-state index contributed by atoms with van der Waals surface area (Å²) >= 11 is 0. The fourth-order valence-corrected chi connectivity index (χ4v) is 1.20. The van der Waals surface area contributed by atoms with Crippen LogP contribution >= 0.6 is 0 Å². The van der Waals surface area contributed by atoms with Crippen molar-refractivity contribution < 1.29 is 13.6 Å². The molecule has 0 fully saturated rings. The molecule has 3 N–H and O–H groups in total. The number of rotatable bonds is 4. The van der Waals surface area contributed by atoms with E-state index in [9.17, 15) is 13.6 Å². The average molecular weight is 253 g/mol. The van der Waals surface area contributed by atoms with Crippen molar-refractivity contribution in [3.05, 3.63) is 29.3 Å². The van der Waals surface area contributed by atoms with Gasteiger partial charge in [0.2, 0.25) is 5.91 Å². The molecule has 18 heavy (non-hydrogen) atoms. The third-order valence-corrected chi connectivity index (χ3v) is 2.55. The van der Waals surface area contributed by atoms with Gasteiger partial charge >= 0.3 is 0 Å². The lowest BCUT2D eigenvalue weighted by atomic mass is 9.92. The predicted octanol–water partition coefficient (Wildman–Crippen LogP) is 1.76. The van der Waals surface area contributed by atoms with Crippen molar-refractivity contribution in [2.75, 3.05) is 11.9 Å². The summed E-state index contributed by atoms with van der Waals surface area (Å²) in [5.74, 6) is -2.34. The van der Waals surface area contributed by atoms with Gasteiger partial charge in [0, 0.05) is 6.54 Å². The van der Waals surface area contributed by atoms with E-state index in [0.29, 0.717) is 0 Å². The molecule has 6 heteroatoms. The van der Waals surface area contributed by atoms with Gasteiger partial charge in [-0.3, -0.25) is 4.79 Å². The second-order valence-electron chi connectivity index (χ2n) is 4.53. The van der Waals surface area contributed by atoms with E-state index in [-0.39, 0.29) is 17.8 Å². The molecule has 0 saturated heterocycles. The molecule has 0 bridgehead atoms. The van der Waals surface area contributed by atoms with Crippen LogP contribution in [0.4, 0.5) is 14.5 Å². The van der Waals surface area contributed by atoms with E-state index < -0.39 is 23.0 Å². The molecule has 0 aliphatic rings. The van der Waals surface area contributed by atoms with Gasteiger partial charge in [-0.1, -0.05) is 0 Å². The third kappa shape index (κ3) is 2.94. The van der Waals surface area contributed by atoms with Crippen molar-refractivity contribution in [3.8, 4) is 6.07 Å². The quantitative estimate of drug-likeness (QED) is 0.858. The maximum absolute atomic E-state index is 13.5. The van der Waals surface area contributed by atoms with Crippen molar-refractivity contribution in [1.82, 2.24) is 0 Å². The lowest BCUT2D eigenvalue weighted by molar-refractivity contribution is -0.125. The molecule has 0 aromatic heterocycles. The van der Waals surface area contributed by atoms with Crippen molar-refractivity contribution in [2.45, 2.75) is 13.8 Å². The van der Waals surface area contributed by atoms with Crippen molar-refractivity contribution in [3.63, 3.8) is 0 Å². The van der Waals surface area contributed by atoms with Gasteiger partial charge in [0.05, 0.1) is 17.0 Å². The van der Waals surface area contributed by atoms with Crippen LogP contribution in [0.2, 0.25) is 0 Å². The van der Waals surface area contributed by atoms with Gasteiger partial charge in [-0.15, -0.1) is 0 Å². The number of halogens is 2. The number of nitriles is 1. The molecular formula is C12H13F2N3O. The lowest BCUT2D eigenvalue weighted by Gasteiger charge is -2.21. The summed E-state index contributed by atoms with van der Waals surface area (Å²) in [6.45, 7) is 3.10. The van der Waals surface area contributed by atoms with Crippen LogP contribution in [0.15, 0.2) is 12.1 Å². The minimum atomic E-state index is -0.938. The predicted molar refractivity (Wildman–Crippen MR) is 62.5 cm³/mol. The molecular weight excluding hydrogens is 240 g/mol. The molecule has 1 amide bonds. The number of nitrogens with two attached hydrogens (primary N) is 1. The first kappa shape index (κ1) is 13.9. The molecule has 1 aromatic carbocycles. The minimum Gasteiger partial charge on any atom is -0.379 e. The Kier molecular flexibility index (Phi) is 3.86. The van der Waals surface area contributed by atoms with Crippen molar-refractivity contribution in [1.29, 1.82) is 5.26 Å². The second kappa shape index (κ2) is 5.00. The summed E-state index contributed by atoms with van der Waals surface area (Å²) in [6, 6.07) is 3.48. The number of nitrogens with zero attached hydrogens (tertiary/aromatic N) is 1. The SMILES string of the molecule is CC(C)(CNc1c(F)cc(C#N)cc1F)C(N)=O. The molecule has 0 saturated carbocycles. The first-order valence-electron chi connectivity index (χ1n) is 5.21. The fraction of sp³-hybridized carbons (Fsp3) is 0.333. The second-order valence-corrected chi connectivity index (χ2v) is 4.53. The van der Waals surface area contributed by atoms with Gasteiger partial charge in [-0.2, -0.15) is 5.26 Å². The number of carbonyl (C=O) groups is 1. The van der Waals surface area contributed by atoms with E-state index in [1.807, 2.05) is 0 Å². The van der Waals surface area contributed by atoms with Crippen LogP contribution in [0.5, 0.6) is 0 Å². The standard InChI is InChI=1S/C12H13F2N3O/c1-12(2,11(16)18)6-17-10-8(13)3-7(5-15)4-9(10)14/h3-4,17H,6H2,1-2H3,(H2,16,18). The van der Waals surface area contributed by atoms with E-state index in [1.165, 1.54) is 0 Å². The Hall–Kier alpha value is -2.16.